The third kappa shape index (κ3) is 4.01. The van der Waals surface area contributed by atoms with Crippen LogP contribution in [0.15, 0.2) is 12.2 Å². The van der Waals surface area contributed by atoms with Crippen LogP contribution in [0.2, 0.25) is 0 Å². The number of aliphatic hydroxyl groups is 2. The van der Waals surface area contributed by atoms with Crippen molar-refractivity contribution in [1.29, 1.82) is 0 Å². The van der Waals surface area contributed by atoms with E-state index in [4.69, 9.17) is 4.74 Å². The van der Waals surface area contributed by atoms with Gasteiger partial charge in [-0.1, -0.05) is 39.8 Å². The van der Waals surface area contributed by atoms with Crippen LogP contribution in [0.4, 0.5) is 0 Å². The van der Waals surface area contributed by atoms with Crippen LogP contribution < -0.4 is 0 Å². The van der Waals surface area contributed by atoms with Crippen molar-refractivity contribution >= 4 is 11.8 Å². The Morgan fingerprint density at radius 1 is 1.12 bits per heavy atom. The number of fused-ring (bicyclic) bond motifs is 5. The van der Waals surface area contributed by atoms with Gasteiger partial charge in [0, 0.05) is 31.1 Å². The van der Waals surface area contributed by atoms with Gasteiger partial charge in [0.25, 0.3) is 0 Å². The van der Waals surface area contributed by atoms with Gasteiger partial charge in [0.05, 0.1) is 12.7 Å². The number of rotatable bonds is 5. The fourth-order valence-electron chi connectivity index (χ4n) is 8.73. The lowest BCUT2D eigenvalue weighted by Gasteiger charge is -2.63. The molecule has 33 heavy (non-hydrogen) atoms. The highest BCUT2D eigenvalue weighted by molar-refractivity contribution is 5.89. The van der Waals surface area contributed by atoms with Crippen molar-refractivity contribution in [1.82, 2.24) is 0 Å². The lowest BCUT2D eigenvalue weighted by atomic mass is 9.42. The second-order valence-electron chi connectivity index (χ2n) is 12.4. The van der Waals surface area contributed by atoms with Crippen molar-refractivity contribution in [3.8, 4) is 0 Å². The number of esters is 1. The summed E-state index contributed by atoms with van der Waals surface area (Å²) in [5.74, 6) is 2.19. The Kier molecular flexibility index (Phi) is 6.63. The van der Waals surface area contributed by atoms with Gasteiger partial charge in [-0.25, -0.2) is 0 Å². The fourth-order valence-corrected chi connectivity index (χ4v) is 8.73. The number of carbonyl (C=O) groups is 2. The predicted molar refractivity (Wildman–Crippen MR) is 127 cm³/mol. The highest BCUT2D eigenvalue weighted by atomic mass is 16.5. The number of allylic oxidation sites excluding steroid dienone is 1. The summed E-state index contributed by atoms with van der Waals surface area (Å²) < 4.78 is 5.15. The molecular formula is C28H44O5. The third-order valence-corrected chi connectivity index (χ3v) is 10.6. The lowest BCUT2D eigenvalue weighted by Crippen LogP contribution is -2.67. The van der Waals surface area contributed by atoms with E-state index in [-0.39, 0.29) is 29.5 Å². The summed E-state index contributed by atoms with van der Waals surface area (Å²) in [5, 5.41) is 21.8. The number of hydrogen-bond donors (Lipinski definition) is 2. The molecule has 10 atom stereocenters. The van der Waals surface area contributed by atoms with Crippen LogP contribution in [0.5, 0.6) is 0 Å². The van der Waals surface area contributed by atoms with Crippen LogP contribution in [0, 0.1) is 46.3 Å². The van der Waals surface area contributed by atoms with Crippen LogP contribution in [-0.4, -0.2) is 40.3 Å². The summed E-state index contributed by atoms with van der Waals surface area (Å²) in [4.78, 5) is 24.4. The second-order valence-corrected chi connectivity index (χ2v) is 12.4. The van der Waals surface area contributed by atoms with Crippen LogP contribution >= 0.6 is 0 Å². The Hall–Kier alpha value is -1.20. The molecule has 4 rings (SSSR count). The molecular weight excluding hydrogens is 416 g/mol. The lowest BCUT2D eigenvalue weighted by molar-refractivity contribution is -0.213. The van der Waals surface area contributed by atoms with E-state index in [1.165, 1.54) is 13.3 Å². The molecule has 2 N–H and O–H groups in total. The number of Topliss-reactive ketones (excluding diaryl/α,β-unsaturated/α-hetero) is 1. The monoisotopic (exact) mass is 460 g/mol. The van der Waals surface area contributed by atoms with E-state index >= 15 is 0 Å². The Bertz CT molecular complexity index is 806. The molecule has 0 bridgehead atoms. The second kappa shape index (κ2) is 8.78. The van der Waals surface area contributed by atoms with Crippen molar-refractivity contribution in [2.75, 3.05) is 6.61 Å². The van der Waals surface area contributed by atoms with Gasteiger partial charge in [-0.05, 0) is 73.5 Å². The van der Waals surface area contributed by atoms with E-state index in [9.17, 15) is 19.8 Å². The highest BCUT2D eigenvalue weighted by Crippen LogP contribution is 2.68. The maximum absolute atomic E-state index is 13.3. The van der Waals surface area contributed by atoms with Crippen LogP contribution in [0.25, 0.3) is 0 Å². The minimum atomic E-state index is -1.36. The van der Waals surface area contributed by atoms with Gasteiger partial charge in [-0.15, -0.1) is 0 Å². The molecule has 0 radical (unpaired) electrons. The van der Waals surface area contributed by atoms with Gasteiger partial charge in [-0.3, -0.25) is 9.59 Å². The summed E-state index contributed by atoms with van der Waals surface area (Å²) in [7, 11) is 0. The Morgan fingerprint density at radius 2 is 1.85 bits per heavy atom. The Labute approximate surface area is 199 Å². The molecule has 4 fully saturated rings. The molecule has 4 saturated carbocycles. The molecule has 0 aliphatic heterocycles. The Balaban J connectivity index is 1.51. The first-order valence-corrected chi connectivity index (χ1v) is 13.2. The quantitative estimate of drug-likeness (QED) is 0.459. The number of ketones is 1. The number of carbonyl (C=O) groups excluding carboxylic acids is 2. The molecule has 0 amide bonds. The first-order chi connectivity index (χ1) is 15.4. The summed E-state index contributed by atoms with van der Waals surface area (Å²) in [6.07, 6.45) is 10.6. The molecule has 5 nitrogen and oxygen atoms in total. The Morgan fingerprint density at radius 3 is 2.55 bits per heavy atom. The zero-order valence-electron chi connectivity index (χ0n) is 21.2. The van der Waals surface area contributed by atoms with E-state index in [0.717, 1.165) is 25.7 Å². The SMILES string of the molecule is CC(=O)OCC(C)/C=C/[C@@H](C)C1CCC2C3CC(=O)[C@@]4(O)C[C@@H](O)CC[C@]4(C)C3CC[C@@]21C. The van der Waals surface area contributed by atoms with Gasteiger partial charge >= 0.3 is 5.97 Å². The summed E-state index contributed by atoms with van der Waals surface area (Å²) in [6, 6.07) is 0. The molecule has 0 heterocycles. The van der Waals surface area contributed by atoms with E-state index in [0.29, 0.717) is 49.0 Å². The molecule has 186 valence electrons. The largest absolute Gasteiger partial charge is 0.465 e. The van der Waals surface area contributed by atoms with Gasteiger partial charge in [0.1, 0.15) is 5.60 Å². The molecule has 0 aromatic carbocycles. The van der Waals surface area contributed by atoms with Crippen LogP contribution in [0.1, 0.15) is 86.0 Å². The van der Waals surface area contributed by atoms with Crippen molar-refractivity contribution < 1.29 is 24.5 Å². The standard InChI is InChI=1S/C28H44O5/c1-17(16-33-19(3)29)6-7-18(2)22-8-9-23-21-14-25(31)28(32)15-20(30)10-13-27(28,5)24(21)11-12-26(22,23)4/h6-7,17-18,20-24,30,32H,8-16H2,1-5H3/b7-6+/t17?,18-,20+,21?,22?,23?,24?,26-,27-,28+/m1/s1. The zero-order chi connectivity index (χ0) is 24.2. The van der Waals surface area contributed by atoms with E-state index in [1.807, 2.05) is 0 Å². The summed E-state index contributed by atoms with van der Waals surface area (Å²) in [6.45, 7) is 10.9. The highest BCUT2D eigenvalue weighted by Gasteiger charge is 2.67. The van der Waals surface area contributed by atoms with Crippen molar-refractivity contribution in [2.24, 2.45) is 46.3 Å². The summed E-state index contributed by atoms with van der Waals surface area (Å²) in [5.41, 5.74) is -1.56. The molecule has 5 heteroatoms. The molecule has 0 aromatic heterocycles. The number of hydrogen-bond acceptors (Lipinski definition) is 5. The predicted octanol–water partition coefficient (Wildman–Crippen LogP) is 4.69. The normalized spacial score (nSPS) is 46.9. The zero-order valence-corrected chi connectivity index (χ0v) is 21.2. The minimum Gasteiger partial charge on any atom is -0.465 e. The fraction of sp³-hybridized carbons (Fsp3) is 0.857. The van der Waals surface area contributed by atoms with Crippen molar-refractivity contribution in [2.45, 2.75) is 97.7 Å². The molecule has 4 aliphatic rings. The van der Waals surface area contributed by atoms with E-state index < -0.39 is 17.1 Å². The molecule has 0 spiro atoms. The molecule has 0 saturated heterocycles. The molecule has 5 unspecified atom stereocenters. The maximum Gasteiger partial charge on any atom is 0.302 e. The van der Waals surface area contributed by atoms with Crippen molar-refractivity contribution in [3.05, 3.63) is 12.2 Å². The smallest absolute Gasteiger partial charge is 0.302 e. The first kappa shape index (κ1) is 24.9. The van der Waals surface area contributed by atoms with E-state index in [2.05, 4.69) is 39.8 Å². The average Bonchev–Trinajstić information content (AvgIpc) is 3.10. The van der Waals surface area contributed by atoms with Gasteiger partial charge in [0.2, 0.25) is 0 Å². The minimum absolute atomic E-state index is 0.0232. The molecule has 0 aromatic rings. The van der Waals surface area contributed by atoms with Gasteiger partial charge < -0.3 is 14.9 Å². The van der Waals surface area contributed by atoms with Crippen LogP contribution in [-0.2, 0) is 14.3 Å². The van der Waals surface area contributed by atoms with Gasteiger partial charge in [-0.2, -0.15) is 0 Å². The average molecular weight is 461 g/mol. The van der Waals surface area contributed by atoms with Crippen LogP contribution in [0.3, 0.4) is 0 Å². The van der Waals surface area contributed by atoms with Crippen molar-refractivity contribution in [3.63, 3.8) is 0 Å². The third-order valence-electron chi connectivity index (χ3n) is 10.6. The first-order valence-electron chi connectivity index (χ1n) is 13.2. The van der Waals surface area contributed by atoms with E-state index in [1.54, 1.807) is 0 Å². The number of aliphatic hydroxyl groups excluding tert-OH is 1. The summed E-state index contributed by atoms with van der Waals surface area (Å²) >= 11 is 0. The maximum atomic E-state index is 13.3. The van der Waals surface area contributed by atoms with Gasteiger partial charge in [0.15, 0.2) is 5.78 Å². The number of ether oxygens (including phenoxy) is 1. The molecule has 4 aliphatic carbocycles. The topological polar surface area (TPSA) is 83.8 Å².